The van der Waals surface area contributed by atoms with Gasteiger partial charge in [0.1, 0.15) is 10.8 Å². The van der Waals surface area contributed by atoms with Gasteiger partial charge in [-0.05, 0) is 34.9 Å². The highest BCUT2D eigenvalue weighted by Crippen LogP contribution is 2.50. The number of carboxylic acids is 1. The maximum absolute atomic E-state index is 12.7. The second-order valence-electron chi connectivity index (χ2n) is 8.80. The summed E-state index contributed by atoms with van der Waals surface area (Å²) in [5.74, 6) is -1.45. The number of fused-ring (bicyclic) bond motifs is 1. The van der Waals surface area contributed by atoms with Crippen molar-refractivity contribution in [3.05, 3.63) is 131 Å². The number of nitrogens with one attached hydrogen (secondary N) is 1. The average molecular weight is 539 g/mol. The van der Waals surface area contributed by atoms with Crippen LogP contribution in [0.15, 0.2) is 114 Å². The van der Waals surface area contributed by atoms with Crippen molar-refractivity contribution in [2.75, 3.05) is 19.0 Å². The van der Waals surface area contributed by atoms with Crippen LogP contribution in [0.3, 0.4) is 0 Å². The molecule has 0 aliphatic rings. The van der Waals surface area contributed by atoms with E-state index in [4.69, 9.17) is 9.15 Å². The molecule has 4 aromatic carbocycles. The van der Waals surface area contributed by atoms with Gasteiger partial charge in [0.05, 0.1) is 17.4 Å². The fraction of sp³-hybridized carbons (Fsp3) is 0.129. The molecule has 7 nitrogen and oxygen atoms in total. The molecule has 0 radical (unpaired) electrons. The van der Waals surface area contributed by atoms with Crippen molar-refractivity contribution in [1.82, 2.24) is 4.98 Å². The Morgan fingerprint density at radius 2 is 1.44 bits per heavy atom. The third-order valence-electron chi connectivity index (χ3n) is 6.38. The summed E-state index contributed by atoms with van der Waals surface area (Å²) in [5.41, 5.74) is 4.18. The molecular formula is C31H26N2O5S. The lowest BCUT2D eigenvalue weighted by molar-refractivity contribution is -0.136. The van der Waals surface area contributed by atoms with E-state index in [0.29, 0.717) is 16.7 Å². The summed E-state index contributed by atoms with van der Waals surface area (Å²) < 4.78 is 9.75. The van der Waals surface area contributed by atoms with Gasteiger partial charge in [0.2, 0.25) is 0 Å². The summed E-state index contributed by atoms with van der Waals surface area (Å²) in [4.78, 5) is 28.9. The second-order valence-corrected chi connectivity index (χ2v) is 10.2. The van der Waals surface area contributed by atoms with Crippen LogP contribution in [0.25, 0.3) is 11.1 Å². The van der Waals surface area contributed by atoms with Gasteiger partial charge in [-0.1, -0.05) is 91.0 Å². The van der Waals surface area contributed by atoms with Crippen LogP contribution in [0, 0.1) is 0 Å². The molecule has 0 spiro atoms. The summed E-state index contributed by atoms with van der Waals surface area (Å²) in [5, 5.41) is 12.5. The number of benzene rings is 4. The first kappa shape index (κ1) is 26.1. The predicted octanol–water partition coefficient (Wildman–Crippen LogP) is 6.20. The van der Waals surface area contributed by atoms with E-state index >= 15 is 0 Å². The van der Waals surface area contributed by atoms with Crippen LogP contribution in [0.5, 0.6) is 0 Å². The number of aliphatic carboxylic acids is 1. The quantitative estimate of drug-likeness (QED) is 0.160. The van der Waals surface area contributed by atoms with Crippen LogP contribution in [0.1, 0.15) is 27.0 Å². The molecule has 39 heavy (non-hydrogen) atoms. The van der Waals surface area contributed by atoms with E-state index in [2.05, 4.69) is 10.3 Å². The Balaban J connectivity index is 1.51. The number of methoxy groups -OCH3 is 1. The highest BCUT2D eigenvalue weighted by Gasteiger charge is 2.41. The number of carbonyl (C=O) groups is 2. The first-order valence-corrected chi connectivity index (χ1v) is 13.2. The molecule has 0 fully saturated rings. The molecule has 1 atom stereocenters. The van der Waals surface area contributed by atoms with Gasteiger partial charge in [0, 0.05) is 6.54 Å². The Hall–Kier alpha value is -4.56. The maximum atomic E-state index is 12.7. The van der Waals surface area contributed by atoms with Crippen molar-refractivity contribution in [3.8, 4) is 0 Å². The number of esters is 1. The first-order chi connectivity index (χ1) is 19.0. The first-order valence-electron chi connectivity index (χ1n) is 12.3. The zero-order valence-electron chi connectivity index (χ0n) is 21.1. The molecule has 1 unspecified atom stereocenters. The number of ether oxygens (including phenoxy) is 1. The van der Waals surface area contributed by atoms with Crippen molar-refractivity contribution in [2.45, 2.75) is 10.00 Å². The van der Waals surface area contributed by atoms with E-state index in [0.717, 1.165) is 16.7 Å². The van der Waals surface area contributed by atoms with Gasteiger partial charge in [0.25, 0.3) is 6.01 Å². The number of nitrogens with zero attached hydrogens (tertiary/aromatic N) is 1. The highest BCUT2D eigenvalue weighted by molar-refractivity contribution is 8.02. The van der Waals surface area contributed by atoms with Gasteiger partial charge < -0.3 is 19.6 Å². The molecular weight excluding hydrogens is 512 g/mol. The van der Waals surface area contributed by atoms with Crippen molar-refractivity contribution < 1.29 is 23.8 Å². The zero-order chi connectivity index (χ0) is 27.2. The molecule has 1 aromatic heterocycles. The lowest BCUT2D eigenvalue weighted by Gasteiger charge is -2.37. The maximum Gasteiger partial charge on any atom is 0.337 e. The fourth-order valence-electron chi connectivity index (χ4n) is 4.54. The molecule has 0 aliphatic heterocycles. The Morgan fingerprint density at radius 1 is 0.897 bits per heavy atom. The lowest BCUT2D eigenvalue weighted by Crippen LogP contribution is -2.35. The molecule has 0 saturated carbocycles. The Bertz CT molecular complexity index is 1480. The number of anilines is 1. The number of rotatable bonds is 10. The van der Waals surface area contributed by atoms with E-state index in [9.17, 15) is 14.7 Å². The van der Waals surface area contributed by atoms with E-state index in [1.165, 1.54) is 18.9 Å². The number of thioether (sulfide) groups is 1. The summed E-state index contributed by atoms with van der Waals surface area (Å²) in [6.07, 6.45) is 0. The number of hydrogen-bond donors (Lipinski definition) is 2. The van der Waals surface area contributed by atoms with Crippen LogP contribution >= 0.6 is 11.8 Å². The molecule has 0 saturated heterocycles. The van der Waals surface area contributed by atoms with E-state index < -0.39 is 21.9 Å². The summed E-state index contributed by atoms with van der Waals surface area (Å²) in [7, 11) is 1.31. The zero-order valence-corrected chi connectivity index (χ0v) is 21.9. The van der Waals surface area contributed by atoms with E-state index in [1.54, 1.807) is 18.2 Å². The van der Waals surface area contributed by atoms with Gasteiger partial charge >= 0.3 is 11.9 Å². The molecule has 0 bridgehead atoms. The minimum Gasteiger partial charge on any atom is -0.480 e. The Morgan fingerprint density at radius 3 is 1.92 bits per heavy atom. The number of oxazole rings is 1. The van der Waals surface area contributed by atoms with Crippen molar-refractivity contribution in [3.63, 3.8) is 0 Å². The van der Waals surface area contributed by atoms with Crippen molar-refractivity contribution in [2.24, 2.45) is 0 Å². The van der Waals surface area contributed by atoms with Gasteiger partial charge in [-0.15, -0.1) is 11.8 Å². The summed E-state index contributed by atoms with van der Waals surface area (Å²) in [6.45, 7) is 0.0466. The highest BCUT2D eigenvalue weighted by atomic mass is 32.2. The number of hydrogen-bond acceptors (Lipinski definition) is 7. The van der Waals surface area contributed by atoms with Crippen molar-refractivity contribution in [1.29, 1.82) is 0 Å². The monoisotopic (exact) mass is 538 g/mol. The SMILES string of the molecule is COC(=O)c1ccc2nc(NCC(SC(c3ccccc3)(c3ccccc3)c3ccccc3)C(=O)O)oc2c1. The molecule has 5 rings (SSSR count). The molecule has 5 aromatic rings. The van der Waals surface area contributed by atoms with Gasteiger partial charge in [-0.3, -0.25) is 4.79 Å². The minimum atomic E-state index is -0.969. The van der Waals surface area contributed by atoms with Crippen LogP contribution in [0.2, 0.25) is 0 Å². The van der Waals surface area contributed by atoms with Crippen LogP contribution in [-0.2, 0) is 14.3 Å². The predicted molar refractivity (Wildman–Crippen MR) is 152 cm³/mol. The van der Waals surface area contributed by atoms with Gasteiger partial charge in [-0.25, -0.2) is 4.79 Å². The standard InChI is InChI=1S/C31H26N2O5S/c1-37-29(36)21-17-18-25-26(19-21)38-30(33-25)32-20-27(28(34)35)39-31(22-11-5-2-6-12-22,23-13-7-3-8-14-23)24-15-9-4-10-16-24/h2-19,27H,20H2,1H3,(H,32,33)(H,34,35). The fourth-order valence-corrected chi connectivity index (χ4v) is 6.05. The number of carboxylic acid groups (broad SMARTS) is 1. The number of carbonyl (C=O) groups excluding carboxylic acids is 1. The topological polar surface area (TPSA) is 102 Å². The molecule has 0 aliphatic carbocycles. The van der Waals surface area contributed by atoms with Crippen LogP contribution in [0.4, 0.5) is 6.01 Å². The third-order valence-corrected chi connectivity index (χ3v) is 8.10. The van der Waals surface area contributed by atoms with Crippen molar-refractivity contribution >= 4 is 40.8 Å². The average Bonchev–Trinajstić information content (AvgIpc) is 3.40. The molecule has 1 heterocycles. The summed E-state index contributed by atoms with van der Waals surface area (Å²) in [6, 6.07) is 34.8. The molecule has 8 heteroatoms. The largest absolute Gasteiger partial charge is 0.480 e. The molecule has 2 N–H and O–H groups in total. The van der Waals surface area contributed by atoms with Crippen LogP contribution < -0.4 is 5.32 Å². The second kappa shape index (κ2) is 11.4. The van der Waals surface area contributed by atoms with E-state index in [-0.39, 0.29) is 12.6 Å². The Labute approximate surface area is 229 Å². The Kier molecular flexibility index (Phi) is 7.65. The summed E-state index contributed by atoms with van der Waals surface area (Å²) >= 11 is 1.35. The molecule has 196 valence electrons. The third kappa shape index (κ3) is 5.37. The lowest BCUT2D eigenvalue weighted by atomic mass is 9.84. The van der Waals surface area contributed by atoms with Gasteiger partial charge in [0.15, 0.2) is 5.58 Å². The van der Waals surface area contributed by atoms with Crippen LogP contribution in [-0.4, -0.2) is 40.9 Å². The molecule has 0 amide bonds. The minimum absolute atomic E-state index is 0.0466. The smallest absolute Gasteiger partial charge is 0.337 e. The van der Waals surface area contributed by atoms with Gasteiger partial charge in [-0.2, -0.15) is 4.98 Å². The number of aromatic nitrogens is 1. The van der Waals surface area contributed by atoms with E-state index in [1.807, 2.05) is 91.0 Å². The normalized spacial score (nSPS) is 12.1.